The lowest BCUT2D eigenvalue weighted by Gasteiger charge is -2.20. The first-order valence-electron chi connectivity index (χ1n) is 6.68. The summed E-state index contributed by atoms with van der Waals surface area (Å²) in [5.74, 6) is -0.281. The predicted octanol–water partition coefficient (Wildman–Crippen LogP) is 1.88. The van der Waals surface area contributed by atoms with Crippen molar-refractivity contribution in [2.24, 2.45) is 11.7 Å². The first-order chi connectivity index (χ1) is 9.72. The molecular formula is C16H19N3O. The van der Waals surface area contributed by atoms with Crippen LogP contribution in [0.15, 0.2) is 54.7 Å². The molecule has 0 fully saturated rings. The molecule has 2 rings (SSSR count). The second-order valence-electron chi connectivity index (χ2n) is 4.74. The van der Waals surface area contributed by atoms with E-state index in [1.54, 1.807) is 6.20 Å². The highest BCUT2D eigenvalue weighted by molar-refractivity contribution is 5.79. The van der Waals surface area contributed by atoms with Crippen LogP contribution in [0.5, 0.6) is 0 Å². The average Bonchev–Trinajstić information content (AvgIpc) is 2.53. The van der Waals surface area contributed by atoms with Crippen molar-refractivity contribution in [1.29, 1.82) is 0 Å². The second kappa shape index (κ2) is 6.82. The maximum absolute atomic E-state index is 12.1. The van der Waals surface area contributed by atoms with Crippen LogP contribution in [0.1, 0.15) is 24.2 Å². The smallest absolute Gasteiger partial charge is 0.224 e. The molecule has 4 heteroatoms. The third kappa shape index (κ3) is 3.42. The van der Waals surface area contributed by atoms with E-state index in [4.69, 9.17) is 5.73 Å². The third-order valence-electron chi connectivity index (χ3n) is 3.20. The fraction of sp³-hybridized carbons (Fsp3) is 0.250. The molecule has 1 amide bonds. The van der Waals surface area contributed by atoms with Crippen molar-refractivity contribution in [3.63, 3.8) is 0 Å². The van der Waals surface area contributed by atoms with Gasteiger partial charge in [-0.15, -0.1) is 0 Å². The number of carbonyl (C=O) groups excluding carboxylic acids is 1. The fourth-order valence-corrected chi connectivity index (χ4v) is 1.91. The van der Waals surface area contributed by atoms with Gasteiger partial charge in [0.2, 0.25) is 5.91 Å². The van der Waals surface area contributed by atoms with Crippen molar-refractivity contribution in [3.05, 3.63) is 66.0 Å². The van der Waals surface area contributed by atoms with Crippen molar-refractivity contribution in [3.8, 4) is 0 Å². The first kappa shape index (κ1) is 14.2. The molecule has 1 aromatic carbocycles. The third-order valence-corrected chi connectivity index (χ3v) is 3.20. The summed E-state index contributed by atoms with van der Waals surface area (Å²) in [4.78, 5) is 16.5. The van der Waals surface area contributed by atoms with Crippen LogP contribution in [-0.2, 0) is 4.79 Å². The van der Waals surface area contributed by atoms with Crippen molar-refractivity contribution in [2.75, 3.05) is 6.54 Å². The maximum Gasteiger partial charge on any atom is 0.224 e. The van der Waals surface area contributed by atoms with E-state index >= 15 is 0 Å². The number of nitrogens with two attached hydrogens (primary N) is 1. The summed E-state index contributed by atoms with van der Waals surface area (Å²) in [5.41, 5.74) is 7.37. The van der Waals surface area contributed by atoms with Gasteiger partial charge in [0.1, 0.15) is 0 Å². The number of amides is 1. The molecule has 0 spiro atoms. The molecule has 2 unspecified atom stereocenters. The minimum absolute atomic E-state index is 0.0630. The summed E-state index contributed by atoms with van der Waals surface area (Å²) in [6.45, 7) is 2.14. The quantitative estimate of drug-likeness (QED) is 0.871. The van der Waals surface area contributed by atoms with E-state index in [9.17, 15) is 4.79 Å². The van der Waals surface area contributed by atoms with E-state index in [1.165, 1.54) is 0 Å². The van der Waals surface area contributed by atoms with E-state index < -0.39 is 0 Å². The lowest BCUT2D eigenvalue weighted by atomic mass is 10.0. The van der Waals surface area contributed by atoms with Gasteiger partial charge in [-0.2, -0.15) is 0 Å². The molecule has 0 saturated heterocycles. The zero-order valence-corrected chi connectivity index (χ0v) is 11.5. The summed E-state index contributed by atoms with van der Waals surface area (Å²) in [6, 6.07) is 15.2. The van der Waals surface area contributed by atoms with Gasteiger partial charge in [0.15, 0.2) is 0 Å². The van der Waals surface area contributed by atoms with Gasteiger partial charge in [0.25, 0.3) is 0 Å². The molecule has 3 N–H and O–H groups in total. The molecule has 0 aliphatic carbocycles. The predicted molar refractivity (Wildman–Crippen MR) is 78.9 cm³/mol. The van der Waals surface area contributed by atoms with Gasteiger partial charge < -0.3 is 11.1 Å². The summed E-state index contributed by atoms with van der Waals surface area (Å²) in [7, 11) is 0. The molecular weight excluding hydrogens is 250 g/mol. The first-order valence-corrected chi connectivity index (χ1v) is 6.68. The SMILES string of the molecule is CC(CN)C(=O)NC(c1ccccc1)c1ccccn1. The van der Waals surface area contributed by atoms with Crippen LogP contribution in [0.4, 0.5) is 0 Å². The molecule has 0 radical (unpaired) electrons. The number of carbonyl (C=O) groups is 1. The zero-order valence-electron chi connectivity index (χ0n) is 11.5. The summed E-state index contributed by atoms with van der Waals surface area (Å²) in [5, 5.41) is 3.02. The Bertz CT molecular complexity index is 503. The van der Waals surface area contributed by atoms with Gasteiger partial charge in [0, 0.05) is 18.7 Å². The number of benzene rings is 1. The van der Waals surface area contributed by atoms with E-state index in [1.807, 2.05) is 55.5 Å². The van der Waals surface area contributed by atoms with Crippen LogP contribution in [0.25, 0.3) is 0 Å². The Labute approximate surface area is 119 Å². The summed E-state index contributed by atoms with van der Waals surface area (Å²) in [6.07, 6.45) is 1.73. The molecule has 4 nitrogen and oxygen atoms in total. The molecule has 0 aliphatic heterocycles. The van der Waals surface area contributed by atoms with Crippen LogP contribution in [0.2, 0.25) is 0 Å². The maximum atomic E-state index is 12.1. The Kier molecular flexibility index (Phi) is 4.85. The zero-order chi connectivity index (χ0) is 14.4. The highest BCUT2D eigenvalue weighted by Gasteiger charge is 2.20. The van der Waals surface area contributed by atoms with Crippen molar-refractivity contribution in [2.45, 2.75) is 13.0 Å². The van der Waals surface area contributed by atoms with Gasteiger partial charge >= 0.3 is 0 Å². The number of hydrogen-bond donors (Lipinski definition) is 2. The minimum Gasteiger partial charge on any atom is -0.343 e. The van der Waals surface area contributed by atoms with Gasteiger partial charge in [-0.05, 0) is 17.7 Å². The number of hydrogen-bond acceptors (Lipinski definition) is 3. The molecule has 0 aliphatic rings. The number of aromatic nitrogens is 1. The Morgan fingerprint density at radius 1 is 1.20 bits per heavy atom. The lowest BCUT2D eigenvalue weighted by Crippen LogP contribution is -2.36. The Morgan fingerprint density at radius 3 is 2.50 bits per heavy atom. The minimum atomic E-state index is -0.251. The van der Waals surface area contributed by atoms with Crippen LogP contribution in [0.3, 0.4) is 0 Å². The van der Waals surface area contributed by atoms with E-state index in [0.717, 1.165) is 11.3 Å². The van der Waals surface area contributed by atoms with Gasteiger partial charge in [-0.1, -0.05) is 43.3 Å². The van der Waals surface area contributed by atoms with Crippen LogP contribution in [0, 0.1) is 5.92 Å². The summed E-state index contributed by atoms with van der Waals surface area (Å²) < 4.78 is 0. The molecule has 1 heterocycles. The largest absolute Gasteiger partial charge is 0.343 e. The Balaban J connectivity index is 2.28. The summed E-state index contributed by atoms with van der Waals surface area (Å²) >= 11 is 0. The average molecular weight is 269 g/mol. The molecule has 0 bridgehead atoms. The van der Waals surface area contributed by atoms with Crippen molar-refractivity contribution < 1.29 is 4.79 Å². The van der Waals surface area contributed by atoms with E-state index in [2.05, 4.69) is 10.3 Å². The van der Waals surface area contributed by atoms with Crippen molar-refractivity contribution in [1.82, 2.24) is 10.3 Å². The van der Waals surface area contributed by atoms with Crippen molar-refractivity contribution >= 4 is 5.91 Å². The number of pyridine rings is 1. The molecule has 1 aromatic heterocycles. The normalized spacial score (nSPS) is 13.5. The van der Waals surface area contributed by atoms with E-state index in [-0.39, 0.29) is 17.9 Å². The highest BCUT2D eigenvalue weighted by atomic mass is 16.1. The van der Waals surface area contributed by atoms with Gasteiger partial charge in [0.05, 0.1) is 11.7 Å². The highest BCUT2D eigenvalue weighted by Crippen LogP contribution is 2.20. The lowest BCUT2D eigenvalue weighted by molar-refractivity contribution is -0.124. The van der Waals surface area contributed by atoms with Crippen LogP contribution >= 0.6 is 0 Å². The monoisotopic (exact) mass is 269 g/mol. The molecule has 20 heavy (non-hydrogen) atoms. The molecule has 2 atom stereocenters. The molecule has 104 valence electrons. The fourth-order valence-electron chi connectivity index (χ4n) is 1.91. The molecule has 2 aromatic rings. The number of nitrogens with one attached hydrogen (secondary N) is 1. The van der Waals surface area contributed by atoms with Gasteiger partial charge in [-0.25, -0.2) is 0 Å². The number of rotatable bonds is 5. The Hall–Kier alpha value is -2.20. The Morgan fingerprint density at radius 2 is 1.90 bits per heavy atom. The van der Waals surface area contributed by atoms with Gasteiger partial charge in [-0.3, -0.25) is 9.78 Å². The van der Waals surface area contributed by atoms with Crippen LogP contribution in [-0.4, -0.2) is 17.4 Å². The second-order valence-corrected chi connectivity index (χ2v) is 4.74. The van der Waals surface area contributed by atoms with E-state index in [0.29, 0.717) is 6.54 Å². The molecule has 0 saturated carbocycles. The topological polar surface area (TPSA) is 68.0 Å². The van der Waals surface area contributed by atoms with Crippen LogP contribution < -0.4 is 11.1 Å². The number of nitrogens with zero attached hydrogens (tertiary/aromatic N) is 1. The standard InChI is InChI=1S/C16H19N3O/c1-12(11-17)16(20)19-15(13-7-3-2-4-8-13)14-9-5-6-10-18-14/h2-10,12,15H,11,17H2,1H3,(H,19,20).